The Kier molecular flexibility index (Phi) is 2.93. The van der Waals surface area contributed by atoms with Gasteiger partial charge in [-0.05, 0) is 19.9 Å². The number of aromatic hydroxyl groups is 1. The molecule has 1 saturated heterocycles. The number of nitrogens with zero attached hydrogens (tertiary/aromatic N) is 1. The first-order chi connectivity index (χ1) is 9.96. The third kappa shape index (κ3) is 1.96. The molecule has 112 valence electrons. The first-order valence-corrected chi connectivity index (χ1v) is 6.72. The highest BCUT2D eigenvalue weighted by atomic mass is 16.5. The fourth-order valence-corrected chi connectivity index (χ4v) is 3.15. The van der Waals surface area contributed by atoms with Crippen molar-refractivity contribution >= 4 is 11.7 Å². The number of methoxy groups -OCH3 is 1. The van der Waals surface area contributed by atoms with Crippen molar-refractivity contribution in [1.82, 2.24) is 16.1 Å². The summed E-state index contributed by atoms with van der Waals surface area (Å²) in [5.41, 5.74) is 3.76. The van der Waals surface area contributed by atoms with E-state index in [9.17, 15) is 9.90 Å². The second-order valence-electron chi connectivity index (χ2n) is 5.52. The van der Waals surface area contributed by atoms with Gasteiger partial charge in [-0.3, -0.25) is 5.43 Å². The van der Waals surface area contributed by atoms with E-state index < -0.39 is 11.7 Å². The van der Waals surface area contributed by atoms with Gasteiger partial charge in [0, 0.05) is 11.3 Å². The van der Waals surface area contributed by atoms with Crippen LogP contribution in [-0.4, -0.2) is 29.6 Å². The summed E-state index contributed by atoms with van der Waals surface area (Å²) in [6.07, 6.45) is 0. The first kappa shape index (κ1) is 13.5. The number of phenolic OH excluding ortho intramolecular Hbond substituents is 1. The first-order valence-electron chi connectivity index (χ1n) is 6.72. The molecule has 2 amide bonds. The van der Waals surface area contributed by atoms with Crippen molar-refractivity contribution in [3.05, 3.63) is 23.8 Å². The number of para-hydroxylation sites is 1. The number of nitrogens with one attached hydrogen (secondary N) is 3. The van der Waals surface area contributed by atoms with Crippen molar-refractivity contribution in [1.29, 1.82) is 0 Å². The number of fused-ring (bicyclic) bond motifs is 1. The Labute approximate surface area is 122 Å². The van der Waals surface area contributed by atoms with E-state index in [1.54, 1.807) is 18.2 Å². The van der Waals surface area contributed by atoms with Crippen molar-refractivity contribution in [3.8, 4) is 11.5 Å². The molecule has 3 rings (SSSR count). The second kappa shape index (κ2) is 4.54. The summed E-state index contributed by atoms with van der Waals surface area (Å²) in [5, 5.41) is 20.3. The van der Waals surface area contributed by atoms with Crippen LogP contribution in [0.3, 0.4) is 0 Å². The number of urea groups is 1. The fraction of sp³-hybridized carbons (Fsp3) is 0.429. The van der Waals surface area contributed by atoms with Crippen LogP contribution in [0.1, 0.15) is 25.5 Å². The smallest absolute Gasteiger partial charge is 0.317 e. The van der Waals surface area contributed by atoms with Crippen molar-refractivity contribution in [3.63, 3.8) is 0 Å². The van der Waals surface area contributed by atoms with E-state index in [-0.39, 0.29) is 17.7 Å². The highest BCUT2D eigenvalue weighted by Gasteiger charge is 2.51. The number of carbonyl (C=O) groups excluding carboxylic acids is 1. The van der Waals surface area contributed by atoms with Crippen LogP contribution in [-0.2, 0) is 0 Å². The van der Waals surface area contributed by atoms with Crippen LogP contribution in [0.15, 0.2) is 23.3 Å². The van der Waals surface area contributed by atoms with E-state index in [1.807, 2.05) is 13.8 Å². The number of benzene rings is 1. The molecule has 0 spiro atoms. The van der Waals surface area contributed by atoms with Crippen LogP contribution in [0.2, 0.25) is 0 Å². The van der Waals surface area contributed by atoms with Gasteiger partial charge in [0.15, 0.2) is 11.5 Å². The lowest BCUT2D eigenvalue weighted by atomic mass is 9.79. The zero-order valence-corrected chi connectivity index (χ0v) is 12.1. The molecule has 2 heterocycles. The standard InChI is InChI=1S/C14H18N4O3/c1-7-10-11(8-5-4-6-9(21-3)12(8)19)15-13(20)16-14(10,2)18-17-7/h4-6,10-11,18-19H,1-3H3,(H2,15,16,20)/t10-,11+,14?/m0/s1. The number of carbonyl (C=O) groups is 1. The summed E-state index contributed by atoms with van der Waals surface area (Å²) in [6, 6.07) is 4.54. The van der Waals surface area contributed by atoms with Crippen molar-refractivity contribution in [2.45, 2.75) is 25.6 Å². The van der Waals surface area contributed by atoms with Crippen LogP contribution in [0.5, 0.6) is 11.5 Å². The molecule has 0 aromatic heterocycles. The summed E-state index contributed by atoms with van der Waals surface area (Å²) < 4.78 is 5.14. The van der Waals surface area contributed by atoms with E-state index in [0.29, 0.717) is 11.3 Å². The Morgan fingerprint density at radius 3 is 2.90 bits per heavy atom. The summed E-state index contributed by atoms with van der Waals surface area (Å²) in [4.78, 5) is 11.9. The lowest BCUT2D eigenvalue weighted by molar-refractivity contribution is 0.161. The number of ether oxygens (including phenoxy) is 1. The van der Waals surface area contributed by atoms with Crippen molar-refractivity contribution in [2.24, 2.45) is 11.0 Å². The summed E-state index contributed by atoms with van der Waals surface area (Å²) in [7, 11) is 1.49. The fourth-order valence-electron chi connectivity index (χ4n) is 3.15. The topological polar surface area (TPSA) is 95.0 Å². The summed E-state index contributed by atoms with van der Waals surface area (Å²) in [5.74, 6) is 0.296. The maximum absolute atomic E-state index is 11.9. The number of hydrogen-bond donors (Lipinski definition) is 4. The normalized spacial score (nSPS) is 30.6. The van der Waals surface area contributed by atoms with Gasteiger partial charge in [0.05, 0.1) is 19.1 Å². The molecular weight excluding hydrogens is 272 g/mol. The predicted molar refractivity (Wildman–Crippen MR) is 77.2 cm³/mol. The van der Waals surface area contributed by atoms with E-state index >= 15 is 0 Å². The molecule has 1 aromatic carbocycles. The van der Waals surface area contributed by atoms with E-state index in [1.165, 1.54) is 7.11 Å². The van der Waals surface area contributed by atoms with Crippen molar-refractivity contribution < 1.29 is 14.6 Å². The SMILES string of the molecule is COc1cccc([C@H]2NC(=O)NC3(C)NN=C(C)[C@@H]23)c1O. The Morgan fingerprint density at radius 1 is 1.43 bits per heavy atom. The van der Waals surface area contributed by atoms with Gasteiger partial charge in [0.2, 0.25) is 0 Å². The molecule has 0 aliphatic carbocycles. The second-order valence-corrected chi connectivity index (χ2v) is 5.52. The van der Waals surface area contributed by atoms with Gasteiger partial charge in [-0.2, -0.15) is 5.10 Å². The molecule has 21 heavy (non-hydrogen) atoms. The van der Waals surface area contributed by atoms with Gasteiger partial charge < -0.3 is 20.5 Å². The number of phenols is 1. The quantitative estimate of drug-likeness (QED) is 0.655. The molecule has 2 aliphatic rings. The molecule has 7 heteroatoms. The van der Waals surface area contributed by atoms with E-state index in [2.05, 4.69) is 21.2 Å². The monoisotopic (exact) mass is 290 g/mol. The molecule has 3 atom stereocenters. The number of amides is 2. The Bertz CT molecular complexity index is 631. The van der Waals surface area contributed by atoms with Gasteiger partial charge >= 0.3 is 6.03 Å². The molecule has 0 radical (unpaired) electrons. The van der Waals surface area contributed by atoms with Gasteiger partial charge in [-0.15, -0.1) is 0 Å². The van der Waals surface area contributed by atoms with Gasteiger partial charge in [-0.1, -0.05) is 12.1 Å². The molecular formula is C14H18N4O3. The third-order valence-corrected chi connectivity index (χ3v) is 4.11. The van der Waals surface area contributed by atoms with E-state index in [0.717, 1.165) is 5.71 Å². The minimum atomic E-state index is -0.674. The maximum Gasteiger partial charge on any atom is 0.317 e. The Hall–Kier alpha value is -2.44. The summed E-state index contributed by atoms with van der Waals surface area (Å²) in [6.45, 7) is 3.77. The average Bonchev–Trinajstić information content (AvgIpc) is 2.73. The van der Waals surface area contributed by atoms with Crippen LogP contribution in [0.4, 0.5) is 4.79 Å². The molecule has 4 N–H and O–H groups in total. The van der Waals surface area contributed by atoms with Crippen LogP contribution in [0, 0.1) is 5.92 Å². The van der Waals surface area contributed by atoms with Crippen LogP contribution < -0.4 is 20.8 Å². The zero-order valence-electron chi connectivity index (χ0n) is 12.1. The number of rotatable bonds is 2. The predicted octanol–water partition coefficient (Wildman–Crippen LogP) is 1.07. The van der Waals surface area contributed by atoms with Gasteiger partial charge in [-0.25, -0.2) is 4.79 Å². The highest BCUT2D eigenvalue weighted by Crippen LogP contribution is 2.42. The Morgan fingerprint density at radius 2 is 2.19 bits per heavy atom. The van der Waals surface area contributed by atoms with Crippen LogP contribution >= 0.6 is 0 Å². The molecule has 1 aromatic rings. The number of hydrogen-bond acceptors (Lipinski definition) is 5. The molecule has 0 bridgehead atoms. The molecule has 2 aliphatic heterocycles. The lowest BCUT2D eigenvalue weighted by Gasteiger charge is -2.42. The van der Waals surface area contributed by atoms with E-state index in [4.69, 9.17) is 4.74 Å². The minimum absolute atomic E-state index is 0.0363. The maximum atomic E-state index is 11.9. The minimum Gasteiger partial charge on any atom is -0.504 e. The van der Waals surface area contributed by atoms with Gasteiger partial charge in [0.1, 0.15) is 5.66 Å². The Balaban J connectivity index is 2.08. The van der Waals surface area contributed by atoms with Crippen molar-refractivity contribution in [2.75, 3.05) is 7.11 Å². The zero-order chi connectivity index (χ0) is 15.2. The van der Waals surface area contributed by atoms with Crippen LogP contribution in [0.25, 0.3) is 0 Å². The average molecular weight is 290 g/mol. The molecule has 0 saturated carbocycles. The highest BCUT2D eigenvalue weighted by molar-refractivity contribution is 5.91. The third-order valence-electron chi connectivity index (χ3n) is 4.11. The number of hydrazone groups is 1. The largest absolute Gasteiger partial charge is 0.504 e. The summed E-state index contributed by atoms with van der Waals surface area (Å²) >= 11 is 0. The van der Waals surface area contributed by atoms with Gasteiger partial charge in [0.25, 0.3) is 0 Å². The molecule has 1 unspecified atom stereocenters. The lowest BCUT2D eigenvalue weighted by Crippen LogP contribution is -2.67. The molecule has 7 nitrogen and oxygen atoms in total. The molecule has 1 fully saturated rings.